The van der Waals surface area contributed by atoms with Gasteiger partial charge in [0.1, 0.15) is 14.2 Å². The van der Waals surface area contributed by atoms with Crippen LogP contribution in [0.4, 0.5) is 0 Å². The van der Waals surface area contributed by atoms with Gasteiger partial charge in [-0.2, -0.15) is 0 Å². The number of aromatic nitrogens is 1. The lowest BCUT2D eigenvalue weighted by atomic mass is 10.3. The molecule has 0 saturated heterocycles. The highest BCUT2D eigenvalue weighted by Crippen LogP contribution is 1.95. The minimum atomic E-state index is 0.701. The molecule has 74 valence electrons. The van der Waals surface area contributed by atoms with Crippen LogP contribution < -0.4 is 0 Å². The first-order valence-corrected chi connectivity index (χ1v) is 3.97. The van der Waals surface area contributed by atoms with Gasteiger partial charge in [0.2, 0.25) is 0 Å². The second-order valence-corrected chi connectivity index (χ2v) is 2.32. The first kappa shape index (κ1) is 10.2. The van der Waals surface area contributed by atoms with Crippen LogP contribution in [0.5, 0.6) is 0 Å². The molecular weight excluding hydrogens is 182 g/mol. The molecule has 0 aliphatic rings. The maximum absolute atomic E-state index is 4.54. The van der Waals surface area contributed by atoms with Gasteiger partial charge in [-0.3, -0.25) is 0 Å². The summed E-state index contributed by atoms with van der Waals surface area (Å²) in [5.74, 6) is 0. The molecule has 0 fully saturated rings. The van der Waals surface area contributed by atoms with Crippen molar-refractivity contribution in [2.75, 3.05) is 14.2 Å². The third-order valence-corrected chi connectivity index (χ3v) is 1.37. The topological polar surface area (TPSA) is 56.1 Å². The Morgan fingerprint density at radius 3 is 2.00 bits per heavy atom. The summed E-state index contributed by atoms with van der Waals surface area (Å²) < 4.78 is 0. The number of pyridine rings is 1. The highest BCUT2D eigenvalue weighted by atomic mass is 16.6. The Morgan fingerprint density at radius 2 is 1.57 bits per heavy atom. The van der Waals surface area contributed by atoms with Crippen LogP contribution in [0.2, 0.25) is 0 Å². The van der Waals surface area contributed by atoms with E-state index in [1.165, 1.54) is 26.6 Å². The fourth-order valence-electron chi connectivity index (χ4n) is 0.826. The van der Waals surface area contributed by atoms with Crippen molar-refractivity contribution in [1.82, 2.24) is 4.98 Å². The largest absolute Gasteiger partial charge is 0.399 e. The summed E-state index contributed by atoms with van der Waals surface area (Å²) in [6.45, 7) is 0. The van der Waals surface area contributed by atoms with Gasteiger partial charge in [0, 0.05) is 0 Å². The van der Waals surface area contributed by atoms with Gasteiger partial charge in [0.15, 0.2) is 0 Å². The normalized spacial score (nSPS) is 11.0. The molecule has 14 heavy (non-hydrogen) atoms. The highest BCUT2D eigenvalue weighted by Gasteiger charge is 1.92. The zero-order valence-corrected chi connectivity index (χ0v) is 8.04. The summed E-state index contributed by atoms with van der Waals surface area (Å²) >= 11 is 0. The summed E-state index contributed by atoms with van der Waals surface area (Å²) in [5.41, 5.74) is 1.40. The molecule has 1 rings (SSSR count). The van der Waals surface area contributed by atoms with E-state index in [1.807, 2.05) is 18.2 Å². The molecule has 0 amide bonds. The third-order valence-electron chi connectivity index (χ3n) is 1.37. The quantitative estimate of drug-likeness (QED) is 0.530. The third kappa shape index (κ3) is 3.22. The molecule has 1 aromatic heterocycles. The SMILES string of the molecule is CO/N=C/c1cccc(/C=N/OC)n1. The Labute approximate surface area is 82.0 Å². The van der Waals surface area contributed by atoms with E-state index in [-0.39, 0.29) is 0 Å². The van der Waals surface area contributed by atoms with Crippen molar-refractivity contribution in [3.63, 3.8) is 0 Å². The second-order valence-electron chi connectivity index (χ2n) is 2.32. The van der Waals surface area contributed by atoms with Gasteiger partial charge in [-0.25, -0.2) is 4.98 Å². The van der Waals surface area contributed by atoms with Crippen LogP contribution in [0.3, 0.4) is 0 Å². The summed E-state index contributed by atoms with van der Waals surface area (Å²) in [6.07, 6.45) is 3.04. The van der Waals surface area contributed by atoms with Gasteiger partial charge < -0.3 is 9.68 Å². The van der Waals surface area contributed by atoms with Crippen molar-refractivity contribution in [2.45, 2.75) is 0 Å². The average molecular weight is 193 g/mol. The molecule has 1 aromatic rings. The van der Waals surface area contributed by atoms with Gasteiger partial charge in [0.25, 0.3) is 0 Å². The molecule has 5 nitrogen and oxygen atoms in total. The summed E-state index contributed by atoms with van der Waals surface area (Å²) in [4.78, 5) is 13.3. The molecule has 0 spiro atoms. The van der Waals surface area contributed by atoms with Crippen LogP contribution in [0, 0.1) is 0 Å². The summed E-state index contributed by atoms with van der Waals surface area (Å²) in [7, 11) is 2.96. The average Bonchev–Trinajstić information content (AvgIpc) is 2.24. The van der Waals surface area contributed by atoms with Crippen molar-refractivity contribution in [3.8, 4) is 0 Å². The van der Waals surface area contributed by atoms with E-state index in [1.54, 1.807) is 0 Å². The Kier molecular flexibility index (Phi) is 4.13. The number of rotatable bonds is 4. The van der Waals surface area contributed by atoms with Crippen LogP contribution in [-0.4, -0.2) is 31.6 Å². The monoisotopic (exact) mass is 193 g/mol. The lowest BCUT2D eigenvalue weighted by Crippen LogP contribution is -1.93. The smallest absolute Gasteiger partial charge is 0.106 e. The maximum Gasteiger partial charge on any atom is 0.106 e. The van der Waals surface area contributed by atoms with Crippen LogP contribution >= 0.6 is 0 Å². The van der Waals surface area contributed by atoms with Crippen LogP contribution in [0.25, 0.3) is 0 Å². The number of oxime groups is 2. The first-order chi connectivity index (χ1) is 6.86. The second kappa shape index (κ2) is 5.69. The zero-order valence-electron chi connectivity index (χ0n) is 8.04. The molecular formula is C9H11N3O2. The molecule has 0 atom stereocenters. The summed E-state index contributed by atoms with van der Waals surface area (Å²) in [5, 5.41) is 7.20. The molecule has 0 aromatic carbocycles. The fraction of sp³-hybridized carbons (Fsp3) is 0.222. The van der Waals surface area contributed by atoms with E-state index < -0.39 is 0 Å². The Morgan fingerprint density at radius 1 is 1.07 bits per heavy atom. The van der Waals surface area contributed by atoms with Crippen molar-refractivity contribution in [2.24, 2.45) is 10.3 Å². The number of hydrogen-bond acceptors (Lipinski definition) is 5. The van der Waals surface area contributed by atoms with E-state index >= 15 is 0 Å². The molecule has 0 aliphatic carbocycles. The molecule has 0 aliphatic heterocycles. The van der Waals surface area contributed by atoms with Gasteiger partial charge in [-0.15, -0.1) is 0 Å². The van der Waals surface area contributed by atoms with Gasteiger partial charge in [0.05, 0.1) is 23.8 Å². The fourth-order valence-corrected chi connectivity index (χ4v) is 0.826. The van der Waals surface area contributed by atoms with Gasteiger partial charge >= 0.3 is 0 Å². The van der Waals surface area contributed by atoms with Gasteiger partial charge in [-0.05, 0) is 12.1 Å². The number of hydrogen-bond donors (Lipinski definition) is 0. The zero-order chi connectivity index (χ0) is 10.2. The minimum Gasteiger partial charge on any atom is -0.399 e. The Bertz CT molecular complexity index is 307. The van der Waals surface area contributed by atoms with Crippen LogP contribution in [0.15, 0.2) is 28.5 Å². The van der Waals surface area contributed by atoms with Crippen molar-refractivity contribution >= 4 is 12.4 Å². The predicted octanol–water partition coefficient (Wildman–Crippen LogP) is 1.04. The summed E-state index contributed by atoms with van der Waals surface area (Å²) in [6, 6.07) is 5.47. The lowest BCUT2D eigenvalue weighted by Gasteiger charge is -1.94. The molecule has 0 unspecified atom stereocenters. The van der Waals surface area contributed by atoms with E-state index in [0.29, 0.717) is 11.4 Å². The van der Waals surface area contributed by atoms with E-state index in [2.05, 4.69) is 25.0 Å². The molecule has 0 saturated carbocycles. The van der Waals surface area contributed by atoms with Crippen molar-refractivity contribution in [1.29, 1.82) is 0 Å². The highest BCUT2D eigenvalue weighted by molar-refractivity contribution is 5.81. The number of nitrogens with zero attached hydrogens (tertiary/aromatic N) is 3. The first-order valence-electron chi connectivity index (χ1n) is 3.97. The Balaban J connectivity index is 2.78. The predicted molar refractivity (Wildman–Crippen MR) is 53.4 cm³/mol. The lowest BCUT2D eigenvalue weighted by molar-refractivity contribution is 0.215. The van der Waals surface area contributed by atoms with Gasteiger partial charge in [-0.1, -0.05) is 16.4 Å². The molecule has 0 bridgehead atoms. The molecule has 0 N–H and O–H groups in total. The van der Waals surface area contributed by atoms with Crippen molar-refractivity contribution < 1.29 is 9.68 Å². The van der Waals surface area contributed by atoms with Crippen molar-refractivity contribution in [3.05, 3.63) is 29.6 Å². The molecule has 5 heteroatoms. The van der Waals surface area contributed by atoms with E-state index in [9.17, 15) is 0 Å². The van der Waals surface area contributed by atoms with Crippen LogP contribution in [-0.2, 0) is 9.68 Å². The molecule has 1 heterocycles. The van der Waals surface area contributed by atoms with E-state index in [4.69, 9.17) is 0 Å². The minimum absolute atomic E-state index is 0.701. The Hall–Kier alpha value is -1.91. The maximum atomic E-state index is 4.54. The van der Waals surface area contributed by atoms with Crippen LogP contribution in [0.1, 0.15) is 11.4 Å². The molecule has 0 radical (unpaired) electrons. The standard InChI is InChI=1S/C9H11N3O2/c1-13-10-6-8-4-3-5-9(12-8)7-11-14-2/h3-7H,1-2H3/b10-6+,11-7+. The van der Waals surface area contributed by atoms with E-state index in [0.717, 1.165) is 0 Å².